The molecule has 0 unspecified atom stereocenters. The fraction of sp³-hybridized carbons (Fsp3) is 0.467. The molecule has 4 N–H and O–H groups in total. The van der Waals surface area contributed by atoms with E-state index in [1.54, 1.807) is 12.1 Å². The van der Waals surface area contributed by atoms with E-state index in [9.17, 15) is 9.59 Å². The summed E-state index contributed by atoms with van der Waals surface area (Å²) in [6.45, 7) is 0.577. The summed E-state index contributed by atoms with van der Waals surface area (Å²) < 4.78 is 0. The lowest BCUT2D eigenvalue weighted by molar-refractivity contribution is -0.139. The SMILES string of the molecule is NCCc1ccc(C(=O)NC2(CC(=O)O)CCC2)cc1. The van der Waals surface area contributed by atoms with Crippen LogP contribution in [0.3, 0.4) is 0 Å². The number of carboxylic acid groups (broad SMARTS) is 1. The van der Waals surface area contributed by atoms with Crippen molar-refractivity contribution in [2.24, 2.45) is 5.73 Å². The summed E-state index contributed by atoms with van der Waals surface area (Å²) >= 11 is 0. The number of nitrogens with one attached hydrogen (secondary N) is 1. The van der Waals surface area contributed by atoms with Crippen LogP contribution in [0.2, 0.25) is 0 Å². The van der Waals surface area contributed by atoms with Crippen LogP contribution in [-0.2, 0) is 11.2 Å². The molecule has 0 aliphatic heterocycles. The minimum Gasteiger partial charge on any atom is -0.481 e. The van der Waals surface area contributed by atoms with Crippen LogP contribution in [0, 0.1) is 0 Å². The summed E-state index contributed by atoms with van der Waals surface area (Å²) in [6.07, 6.45) is 3.20. The normalized spacial score (nSPS) is 16.2. The first kappa shape index (κ1) is 14.5. The molecule has 1 saturated carbocycles. The van der Waals surface area contributed by atoms with E-state index >= 15 is 0 Å². The fourth-order valence-electron chi connectivity index (χ4n) is 2.54. The standard InChI is InChI=1S/C15H20N2O3/c16-9-6-11-2-4-12(5-3-11)14(20)17-15(7-1-8-15)10-13(18)19/h2-5H,1,6-10,16H2,(H,17,20)(H,18,19). The van der Waals surface area contributed by atoms with Crippen LogP contribution < -0.4 is 11.1 Å². The van der Waals surface area contributed by atoms with E-state index in [1.165, 1.54) is 0 Å². The molecule has 20 heavy (non-hydrogen) atoms. The zero-order chi connectivity index (χ0) is 14.6. The summed E-state index contributed by atoms with van der Waals surface area (Å²) in [5, 5.41) is 11.8. The van der Waals surface area contributed by atoms with Crippen molar-refractivity contribution in [3.63, 3.8) is 0 Å². The number of amides is 1. The summed E-state index contributed by atoms with van der Waals surface area (Å²) in [7, 11) is 0. The van der Waals surface area contributed by atoms with Gasteiger partial charge in [0.05, 0.1) is 12.0 Å². The second-order valence-corrected chi connectivity index (χ2v) is 5.39. The smallest absolute Gasteiger partial charge is 0.305 e. The van der Waals surface area contributed by atoms with Crippen molar-refractivity contribution >= 4 is 11.9 Å². The van der Waals surface area contributed by atoms with Gasteiger partial charge in [0.15, 0.2) is 0 Å². The Hall–Kier alpha value is -1.88. The number of carbonyl (C=O) groups excluding carboxylic acids is 1. The van der Waals surface area contributed by atoms with Crippen molar-refractivity contribution in [2.45, 2.75) is 37.6 Å². The van der Waals surface area contributed by atoms with Crippen LogP contribution in [0.1, 0.15) is 41.6 Å². The Kier molecular flexibility index (Phi) is 4.39. The molecule has 0 atom stereocenters. The number of benzene rings is 1. The molecule has 0 saturated heterocycles. The highest BCUT2D eigenvalue weighted by molar-refractivity contribution is 5.95. The van der Waals surface area contributed by atoms with E-state index < -0.39 is 11.5 Å². The summed E-state index contributed by atoms with van der Waals surface area (Å²) in [5.74, 6) is -1.08. The molecule has 1 aliphatic rings. The van der Waals surface area contributed by atoms with Crippen LogP contribution in [0.5, 0.6) is 0 Å². The van der Waals surface area contributed by atoms with Gasteiger partial charge in [0.2, 0.25) is 0 Å². The predicted octanol–water partition coefficient (Wildman–Crippen LogP) is 1.31. The molecule has 5 nitrogen and oxygen atoms in total. The molecule has 1 aromatic rings. The third kappa shape index (κ3) is 3.36. The highest BCUT2D eigenvalue weighted by Crippen LogP contribution is 2.35. The second kappa shape index (κ2) is 6.05. The highest BCUT2D eigenvalue weighted by atomic mass is 16.4. The van der Waals surface area contributed by atoms with Crippen LogP contribution in [0.4, 0.5) is 0 Å². The zero-order valence-corrected chi connectivity index (χ0v) is 11.4. The zero-order valence-electron chi connectivity index (χ0n) is 11.4. The minimum absolute atomic E-state index is 0.00992. The number of carbonyl (C=O) groups is 2. The minimum atomic E-state index is -0.872. The van der Waals surface area contributed by atoms with Crippen molar-refractivity contribution in [3.8, 4) is 0 Å². The lowest BCUT2D eigenvalue weighted by Gasteiger charge is -2.41. The van der Waals surface area contributed by atoms with Crippen molar-refractivity contribution in [1.29, 1.82) is 0 Å². The average molecular weight is 276 g/mol. The molecular weight excluding hydrogens is 256 g/mol. The average Bonchev–Trinajstić information content (AvgIpc) is 2.36. The van der Waals surface area contributed by atoms with Gasteiger partial charge < -0.3 is 16.2 Å². The maximum atomic E-state index is 12.2. The molecule has 108 valence electrons. The molecule has 1 aliphatic carbocycles. The van der Waals surface area contributed by atoms with Gasteiger partial charge in [-0.1, -0.05) is 12.1 Å². The largest absolute Gasteiger partial charge is 0.481 e. The Morgan fingerprint density at radius 1 is 1.25 bits per heavy atom. The molecule has 1 aromatic carbocycles. The van der Waals surface area contributed by atoms with Crippen molar-refractivity contribution in [1.82, 2.24) is 5.32 Å². The molecule has 0 spiro atoms. The van der Waals surface area contributed by atoms with E-state index in [0.717, 1.165) is 31.2 Å². The van der Waals surface area contributed by atoms with Crippen molar-refractivity contribution < 1.29 is 14.7 Å². The summed E-state index contributed by atoms with van der Waals surface area (Å²) in [6, 6.07) is 7.28. The third-order valence-corrected chi connectivity index (χ3v) is 3.83. The third-order valence-electron chi connectivity index (χ3n) is 3.83. The lowest BCUT2D eigenvalue weighted by atomic mass is 9.74. The molecule has 0 radical (unpaired) electrons. The number of aliphatic carboxylic acids is 1. The predicted molar refractivity (Wildman–Crippen MR) is 75.5 cm³/mol. The number of carboxylic acids is 1. The van der Waals surface area contributed by atoms with Gasteiger partial charge >= 0.3 is 5.97 Å². The van der Waals surface area contributed by atoms with Gasteiger partial charge in [-0.15, -0.1) is 0 Å². The number of nitrogens with two attached hydrogens (primary N) is 1. The molecule has 0 heterocycles. The Labute approximate surface area is 118 Å². The number of hydrogen-bond acceptors (Lipinski definition) is 3. The molecule has 5 heteroatoms. The Morgan fingerprint density at radius 3 is 2.35 bits per heavy atom. The molecule has 0 bridgehead atoms. The van der Waals surface area contributed by atoms with Gasteiger partial charge in [0.1, 0.15) is 0 Å². The maximum absolute atomic E-state index is 12.2. The first-order valence-electron chi connectivity index (χ1n) is 6.88. The first-order valence-corrected chi connectivity index (χ1v) is 6.88. The van der Waals surface area contributed by atoms with E-state index in [1.807, 2.05) is 12.1 Å². The van der Waals surface area contributed by atoms with Crippen LogP contribution >= 0.6 is 0 Å². The number of rotatable bonds is 6. The highest BCUT2D eigenvalue weighted by Gasteiger charge is 2.40. The van der Waals surface area contributed by atoms with Gasteiger partial charge in [0, 0.05) is 5.56 Å². The molecule has 1 fully saturated rings. The lowest BCUT2D eigenvalue weighted by Crippen LogP contribution is -2.54. The second-order valence-electron chi connectivity index (χ2n) is 5.39. The fourth-order valence-corrected chi connectivity index (χ4v) is 2.54. The van der Waals surface area contributed by atoms with E-state index in [0.29, 0.717) is 12.1 Å². The molecule has 2 rings (SSSR count). The summed E-state index contributed by atoms with van der Waals surface area (Å²) in [5.41, 5.74) is 6.57. The van der Waals surface area contributed by atoms with Crippen LogP contribution in [0.25, 0.3) is 0 Å². The van der Waals surface area contributed by atoms with E-state index in [4.69, 9.17) is 10.8 Å². The van der Waals surface area contributed by atoms with E-state index in [-0.39, 0.29) is 12.3 Å². The Balaban J connectivity index is 2.01. The molecular formula is C15H20N2O3. The van der Waals surface area contributed by atoms with Gasteiger partial charge in [-0.25, -0.2) is 0 Å². The van der Waals surface area contributed by atoms with E-state index in [2.05, 4.69) is 5.32 Å². The van der Waals surface area contributed by atoms with Crippen molar-refractivity contribution in [3.05, 3.63) is 35.4 Å². The molecule has 0 aromatic heterocycles. The summed E-state index contributed by atoms with van der Waals surface area (Å²) in [4.78, 5) is 23.1. The van der Waals surface area contributed by atoms with Gasteiger partial charge in [-0.2, -0.15) is 0 Å². The van der Waals surface area contributed by atoms with Gasteiger partial charge in [-0.05, 0) is 49.9 Å². The maximum Gasteiger partial charge on any atom is 0.305 e. The van der Waals surface area contributed by atoms with Crippen molar-refractivity contribution in [2.75, 3.05) is 6.54 Å². The van der Waals surface area contributed by atoms with Crippen LogP contribution in [0.15, 0.2) is 24.3 Å². The monoisotopic (exact) mass is 276 g/mol. The Morgan fingerprint density at radius 2 is 1.90 bits per heavy atom. The van der Waals surface area contributed by atoms with Gasteiger partial charge in [0.25, 0.3) is 5.91 Å². The first-order chi connectivity index (χ1) is 9.54. The van der Waals surface area contributed by atoms with Gasteiger partial charge in [-0.3, -0.25) is 9.59 Å². The topological polar surface area (TPSA) is 92.4 Å². The number of hydrogen-bond donors (Lipinski definition) is 3. The Bertz CT molecular complexity index is 492. The molecule has 1 amide bonds. The van der Waals surface area contributed by atoms with Crippen LogP contribution in [-0.4, -0.2) is 29.1 Å². The quantitative estimate of drug-likeness (QED) is 0.730.